The summed E-state index contributed by atoms with van der Waals surface area (Å²) in [6.45, 7) is 6.09. The van der Waals surface area contributed by atoms with Gasteiger partial charge in [-0.05, 0) is 38.5 Å². The van der Waals surface area contributed by atoms with Gasteiger partial charge >= 0.3 is 0 Å². The predicted octanol–water partition coefficient (Wildman–Crippen LogP) is 3.32. The zero-order valence-corrected chi connectivity index (χ0v) is 11.3. The molecule has 1 heterocycles. The monoisotopic (exact) mass is 259 g/mol. The van der Waals surface area contributed by atoms with Gasteiger partial charge in [0.15, 0.2) is 0 Å². The van der Waals surface area contributed by atoms with Crippen LogP contribution in [0.15, 0.2) is 36.4 Å². The Balaban J connectivity index is 2.16. The standard InChI is InChI=1S/C14H17N3O2/c1-10-4-5-11(2)16(10)15-12(3)13-6-8-14(9-7-13)17(18)19/h4-9,12,15H,1-3H3. The van der Waals surface area contributed by atoms with Gasteiger partial charge in [-0.3, -0.25) is 14.8 Å². The Morgan fingerprint density at radius 3 is 2.11 bits per heavy atom. The van der Waals surface area contributed by atoms with Crippen LogP contribution in [0.5, 0.6) is 0 Å². The summed E-state index contributed by atoms with van der Waals surface area (Å²) in [5.74, 6) is 0. The number of aryl methyl sites for hydroxylation is 2. The fourth-order valence-electron chi connectivity index (χ4n) is 2.02. The highest BCUT2D eigenvalue weighted by molar-refractivity contribution is 5.35. The number of nitro groups is 1. The van der Waals surface area contributed by atoms with Gasteiger partial charge < -0.3 is 5.43 Å². The molecule has 1 atom stereocenters. The average molecular weight is 259 g/mol. The molecule has 0 fully saturated rings. The molecule has 0 bridgehead atoms. The molecule has 19 heavy (non-hydrogen) atoms. The van der Waals surface area contributed by atoms with E-state index in [-0.39, 0.29) is 16.7 Å². The molecule has 2 aromatic rings. The molecule has 1 N–H and O–H groups in total. The van der Waals surface area contributed by atoms with E-state index in [0.29, 0.717) is 0 Å². The lowest BCUT2D eigenvalue weighted by molar-refractivity contribution is -0.384. The number of benzene rings is 1. The fraction of sp³-hybridized carbons (Fsp3) is 0.286. The molecule has 2 rings (SSSR count). The SMILES string of the molecule is Cc1ccc(C)n1NC(C)c1ccc([N+](=O)[O-])cc1. The van der Waals surface area contributed by atoms with Gasteiger partial charge in [0.05, 0.1) is 11.0 Å². The molecule has 1 aromatic carbocycles. The van der Waals surface area contributed by atoms with Crippen LogP contribution in [0, 0.1) is 24.0 Å². The van der Waals surface area contributed by atoms with E-state index < -0.39 is 0 Å². The molecule has 0 radical (unpaired) electrons. The van der Waals surface area contributed by atoms with Crippen LogP contribution >= 0.6 is 0 Å². The maximum absolute atomic E-state index is 10.6. The molecule has 0 aliphatic heterocycles. The zero-order chi connectivity index (χ0) is 14.0. The van der Waals surface area contributed by atoms with E-state index in [0.717, 1.165) is 17.0 Å². The van der Waals surface area contributed by atoms with Crippen molar-refractivity contribution in [3.63, 3.8) is 0 Å². The Bertz CT molecular complexity index is 568. The maximum Gasteiger partial charge on any atom is 0.269 e. The van der Waals surface area contributed by atoms with Crippen LogP contribution in [0.3, 0.4) is 0 Å². The van der Waals surface area contributed by atoms with Crippen LogP contribution in [-0.4, -0.2) is 9.60 Å². The Morgan fingerprint density at radius 2 is 1.63 bits per heavy atom. The number of non-ortho nitro benzene ring substituents is 1. The maximum atomic E-state index is 10.6. The summed E-state index contributed by atoms with van der Waals surface area (Å²) < 4.78 is 2.02. The third-order valence-corrected chi connectivity index (χ3v) is 3.20. The first-order valence-electron chi connectivity index (χ1n) is 6.15. The second kappa shape index (κ2) is 5.14. The van der Waals surface area contributed by atoms with Crippen LogP contribution < -0.4 is 5.43 Å². The summed E-state index contributed by atoms with van der Waals surface area (Å²) >= 11 is 0. The number of nitrogens with zero attached hydrogens (tertiary/aromatic N) is 2. The number of hydrogen-bond acceptors (Lipinski definition) is 3. The third-order valence-electron chi connectivity index (χ3n) is 3.20. The summed E-state index contributed by atoms with van der Waals surface area (Å²) in [6.07, 6.45) is 0. The van der Waals surface area contributed by atoms with Crippen LogP contribution in [0.2, 0.25) is 0 Å². The molecule has 0 spiro atoms. The number of hydrogen-bond donors (Lipinski definition) is 1. The van der Waals surface area contributed by atoms with E-state index in [1.807, 2.05) is 37.6 Å². The molecule has 5 nitrogen and oxygen atoms in total. The van der Waals surface area contributed by atoms with Crippen molar-refractivity contribution in [2.45, 2.75) is 26.8 Å². The quantitative estimate of drug-likeness (QED) is 0.676. The topological polar surface area (TPSA) is 60.1 Å². The summed E-state index contributed by atoms with van der Waals surface area (Å²) in [5.41, 5.74) is 6.76. The lowest BCUT2D eigenvalue weighted by atomic mass is 10.1. The first-order valence-corrected chi connectivity index (χ1v) is 6.15. The van der Waals surface area contributed by atoms with E-state index in [2.05, 4.69) is 5.43 Å². The van der Waals surface area contributed by atoms with Gasteiger partial charge in [-0.2, -0.15) is 0 Å². The molecule has 1 aromatic heterocycles. The predicted molar refractivity (Wildman–Crippen MR) is 74.8 cm³/mol. The van der Waals surface area contributed by atoms with Crippen LogP contribution in [0.1, 0.15) is 29.9 Å². The molecule has 100 valence electrons. The molecular weight excluding hydrogens is 242 g/mol. The lowest BCUT2D eigenvalue weighted by Crippen LogP contribution is -2.20. The zero-order valence-electron chi connectivity index (χ0n) is 11.3. The summed E-state index contributed by atoms with van der Waals surface area (Å²) in [7, 11) is 0. The highest BCUT2D eigenvalue weighted by atomic mass is 16.6. The molecule has 1 unspecified atom stereocenters. The second-order valence-corrected chi connectivity index (χ2v) is 4.65. The second-order valence-electron chi connectivity index (χ2n) is 4.65. The van der Waals surface area contributed by atoms with Crippen molar-refractivity contribution in [1.29, 1.82) is 0 Å². The van der Waals surface area contributed by atoms with Gasteiger partial charge in [-0.25, -0.2) is 0 Å². The Hall–Kier alpha value is -2.30. The number of nitrogens with one attached hydrogen (secondary N) is 1. The lowest BCUT2D eigenvalue weighted by Gasteiger charge is -2.19. The molecule has 0 amide bonds. The van der Waals surface area contributed by atoms with Crippen molar-refractivity contribution in [2.75, 3.05) is 5.43 Å². The highest BCUT2D eigenvalue weighted by Gasteiger charge is 2.10. The van der Waals surface area contributed by atoms with Crippen LogP contribution in [0.4, 0.5) is 5.69 Å². The Kier molecular flexibility index (Phi) is 3.55. The Labute approximate surface area is 112 Å². The van der Waals surface area contributed by atoms with E-state index in [9.17, 15) is 10.1 Å². The van der Waals surface area contributed by atoms with Gasteiger partial charge in [-0.15, -0.1) is 0 Å². The molecule has 0 saturated heterocycles. The van der Waals surface area contributed by atoms with E-state index in [1.54, 1.807) is 12.1 Å². The van der Waals surface area contributed by atoms with Gasteiger partial charge in [0.25, 0.3) is 5.69 Å². The van der Waals surface area contributed by atoms with Crippen molar-refractivity contribution < 1.29 is 4.92 Å². The minimum atomic E-state index is -0.387. The largest absolute Gasteiger partial charge is 0.319 e. The van der Waals surface area contributed by atoms with E-state index >= 15 is 0 Å². The Morgan fingerprint density at radius 1 is 1.11 bits per heavy atom. The van der Waals surface area contributed by atoms with Crippen LogP contribution in [0.25, 0.3) is 0 Å². The number of rotatable bonds is 4. The van der Waals surface area contributed by atoms with Gasteiger partial charge in [0, 0.05) is 23.5 Å². The van der Waals surface area contributed by atoms with Crippen molar-refractivity contribution in [3.8, 4) is 0 Å². The summed E-state index contributed by atoms with van der Waals surface area (Å²) in [6, 6.07) is 10.8. The van der Waals surface area contributed by atoms with Crippen molar-refractivity contribution >= 4 is 5.69 Å². The summed E-state index contributed by atoms with van der Waals surface area (Å²) in [5, 5.41) is 10.6. The fourth-order valence-corrected chi connectivity index (χ4v) is 2.02. The first kappa shape index (κ1) is 13.1. The van der Waals surface area contributed by atoms with Gasteiger partial charge in [-0.1, -0.05) is 12.1 Å². The molecule has 0 saturated carbocycles. The average Bonchev–Trinajstić information content (AvgIpc) is 2.70. The number of nitro benzene ring substituents is 1. The first-order chi connectivity index (χ1) is 8.99. The number of aromatic nitrogens is 1. The molecule has 0 aliphatic carbocycles. The van der Waals surface area contributed by atoms with Crippen LogP contribution in [-0.2, 0) is 0 Å². The normalized spacial score (nSPS) is 12.2. The molecule has 5 heteroatoms. The summed E-state index contributed by atoms with van der Waals surface area (Å²) in [4.78, 5) is 10.2. The molecular formula is C14H17N3O2. The van der Waals surface area contributed by atoms with E-state index in [1.165, 1.54) is 12.1 Å². The highest BCUT2D eigenvalue weighted by Crippen LogP contribution is 2.19. The van der Waals surface area contributed by atoms with Gasteiger partial charge in [0.2, 0.25) is 0 Å². The smallest absolute Gasteiger partial charge is 0.269 e. The minimum Gasteiger partial charge on any atom is -0.319 e. The van der Waals surface area contributed by atoms with Crippen molar-refractivity contribution in [1.82, 2.24) is 4.68 Å². The van der Waals surface area contributed by atoms with Crippen molar-refractivity contribution in [3.05, 3.63) is 63.5 Å². The van der Waals surface area contributed by atoms with E-state index in [4.69, 9.17) is 0 Å². The van der Waals surface area contributed by atoms with Gasteiger partial charge in [0.1, 0.15) is 0 Å². The van der Waals surface area contributed by atoms with Crippen molar-refractivity contribution in [2.24, 2.45) is 0 Å². The molecule has 0 aliphatic rings. The third kappa shape index (κ3) is 2.76. The minimum absolute atomic E-state index is 0.0746.